The first-order valence-corrected chi connectivity index (χ1v) is 12.9. The van der Waals surface area contributed by atoms with Crippen molar-refractivity contribution in [3.63, 3.8) is 0 Å². The van der Waals surface area contributed by atoms with Crippen molar-refractivity contribution in [3.05, 3.63) is 81.8 Å². The third-order valence-corrected chi connectivity index (χ3v) is 7.90. The zero-order valence-electron chi connectivity index (χ0n) is 16.7. The number of halogens is 2. The van der Waals surface area contributed by atoms with Gasteiger partial charge < -0.3 is 0 Å². The maximum absolute atomic E-state index is 12.7. The topological polar surface area (TPSA) is 58.5 Å². The van der Waals surface area contributed by atoms with Gasteiger partial charge in [-0.05, 0) is 48.9 Å². The highest BCUT2D eigenvalue weighted by Crippen LogP contribution is 2.43. The van der Waals surface area contributed by atoms with Gasteiger partial charge >= 0.3 is 0 Å². The summed E-state index contributed by atoms with van der Waals surface area (Å²) in [5.74, 6) is 0. The molecule has 3 aromatic carbocycles. The van der Waals surface area contributed by atoms with Crippen LogP contribution in [0.1, 0.15) is 30.9 Å². The van der Waals surface area contributed by atoms with Gasteiger partial charge in [0.15, 0.2) is 0 Å². The second-order valence-corrected chi connectivity index (χ2v) is 10.8. The number of unbranched alkanes of at least 4 members (excludes halogenated alkanes) is 1. The molecule has 0 bridgehead atoms. The zero-order valence-corrected chi connectivity index (χ0v) is 19.9. The fraction of sp³-hybridized carbons (Fsp3) is 0.174. The Labute approximate surface area is 196 Å². The molecule has 31 heavy (non-hydrogen) atoms. The first kappa shape index (κ1) is 22.4. The highest BCUT2D eigenvalue weighted by molar-refractivity contribution is 7.99. The largest absolute Gasteiger partial charge is 0.247 e. The van der Waals surface area contributed by atoms with Crippen molar-refractivity contribution in [1.29, 1.82) is 0 Å². The number of aliphatic imine (C=N–C) groups is 1. The molecule has 1 aliphatic heterocycles. The maximum Gasteiger partial charge on any atom is 0.240 e. The minimum Gasteiger partial charge on any atom is -0.247 e. The number of nitrogens with one attached hydrogen (secondary N) is 1. The second kappa shape index (κ2) is 9.35. The van der Waals surface area contributed by atoms with E-state index in [1.807, 2.05) is 49.4 Å². The molecular weight excluding hydrogens is 471 g/mol. The Morgan fingerprint density at radius 3 is 2.42 bits per heavy atom. The van der Waals surface area contributed by atoms with Crippen molar-refractivity contribution < 1.29 is 8.42 Å². The van der Waals surface area contributed by atoms with Crippen LogP contribution < -0.4 is 4.72 Å². The minimum atomic E-state index is -3.61. The molecule has 0 amide bonds. The molecule has 4 nitrogen and oxygen atoms in total. The molecule has 4 rings (SSSR count). The molecule has 0 radical (unpaired) electrons. The first-order chi connectivity index (χ1) is 14.9. The fourth-order valence-electron chi connectivity index (χ4n) is 3.21. The lowest BCUT2D eigenvalue weighted by Crippen LogP contribution is -2.24. The Balaban J connectivity index is 1.84. The summed E-state index contributed by atoms with van der Waals surface area (Å²) in [4.78, 5) is 6.91. The summed E-state index contributed by atoms with van der Waals surface area (Å²) in [6.07, 6.45) is 1.70. The molecule has 160 valence electrons. The molecule has 0 atom stereocenters. The molecule has 3 aromatic rings. The van der Waals surface area contributed by atoms with E-state index in [2.05, 4.69) is 4.72 Å². The molecule has 0 aromatic heterocycles. The smallest absolute Gasteiger partial charge is 0.240 e. The van der Waals surface area contributed by atoms with Crippen LogP contribution in [0.25, 0.3) is 0 Å². The fourth-order valence-corrected chi connectivity index (χ4v) is 5.71. The summed E-state index contributed by atoms with van der Waals surface area (Å²) in [5, 5.41) is 1.26. The standard InChI is InChI=1S/C23H20Cl2N2O2S2/c1-2-3-12-26-31(28,29)18-9-11-21-20(14-18)27-23(15-4-6-16(24)7-5-15)19-10-8-17(25)13-22(19)30-21/h4-11,13-14,26H,2-3,12H2,1H3. The van der Waals surface area contributed by atoms with Crippen LogP contribution in [-0.2, 0) is 10.0 Å². The Morgan fingerprint density at radius 1 is 0.935 bits per heavy atom. The molecule has 0 saturated heterocycles. The lowest BCUT2D eigenvalue weighted by molar-refractivity contribution is 0.578. The predicted octanol–water partition coefficient (Wildman–Crippen LogP) is 6.71. The van der Waals surface area contributed by atoms with Crippen molar-refractivity contribution in [1.82, 2.24) is 4.72 Å². The minimum absolute atomic E-state index is 0.200. The van der Waals surface area contributed by atoms with Crippen LogP contribution in [0.5, 0.6) is 0 Å². The molecule has 0 spiro atoms. The van der Waals surface area contributed by atoms with Crippen LogP contribution in [0.2, 0.25) is 10.0 Å². The molecule has 1 aliphatic rings. The van der Waals surface area contributed by atoms with Gasteiger partial charge in [0.05, 0.1) is 16.3 Å². The van der Waals surface area contributed by atoms with Crippen LogP contribution in [0.4, 0.5) is 5.69 Å². The van der Waals surface area contributed by atoms with Gasteiger partial charge in [-0.1, -0.05) is 66.5 Å². The van der Waals surface area contributed by atoms with Crippen molar-refractivity contribution in [2.45, 2.75) is 34.5 Å². The number of rotatable bonds is 6. The van der Waals surface area contributed by atoms with E-state index in [-0.39, 0.29) is 4.90 Å². The van der Waals surface area contributed by atoms with Crippen LogP contribution in [-0.4, -0.2) is 20.7 Å². The van der Waals surface area contributed by atoms with Gasteiger partial charge in [-0.3, -0.25) is 0 Å². The number of nitrogens with zero attached hydrogens (tertiary/aromatic N) is 1. The third-order valence-electron chi connectivity index (χ3n) is 4.83. The summed E-state index contributed by atoms with van der Waals surface area (Å²) in [7, 11) is -3.61. The summed E-state index contributed by atoms with van der Waals surface area (Å²) < 4.78 is 28.1. The van der Waals surface area contributed by atoms with Crippen molar-refractivity contribution >= 4 is 56.4 Å². The van der Waals surface area contributed by atoms with Gasteiger partial charge in [0.1, 0.15) is 0 Å². The van der Waals surface area contributed by atoms with Gasteiger partial charge in [0, 0.05) is 37.5 Å². The summed E-state index contributed by atoms with van der Waals surface area (Å²) in [6.45, 7) is 2.43. The van der Waals surface area contributed by atoms with E-state index in [4.69, 9.17) is 28.2 Å². The van der Waals surface area contributed by atoms with Gasteiger partial charge in [-0.15, -0.1) is 0 Å². The van der Waals surface area contributed by atoms with E-state index >= 15 is 0 Å². The Hall–Kier alpha value is -1.83. The van der Waals surface area contributed by atoms with E-state index in [0.29, 0.717) is 22.3 Å². The normalized spacial score (nSPS) is 13.2. The zero-order chi connectivity index (χ0) is 22.0. The molecule has 0 fully saturated rings. The third kappa shape index (κ3) is 4.99. The molecule has 8 heteroatoms. The maximum atomic E-state index is 12.7. The molecule has 1 N–H and O–H groups in total. The van der Waals surface area contributed by atoms with Crippen molar-refractivity contribution in [3.8, 4) is 0 Å². The van der Waals surface area contributed by atoms with E-state index < -0.39 is 10.0 Å². The highest BCUT2D eigenvalue weighted by atomic mass is 35.5. The quantitative estimate of drug-likeness (QED) is 0.305. The average molecular weight is 491 g/mol. The van der Waals surface area contributed by atoms with Crippen molar-refractivity contribution in [2.75, 3.05) is 6.54 Å². The van der Waals surface area contributed by atoms with Crippen LogP contribution in [0, 0.1) is 0 Å². The van der Waals surface area contributed by atoms with Gasteiger partial charge in [0.25, 0.3) is 0 Å². The highest BCUT2D eigenvalue weighted by Gasteiger charge is 2.22. The van der Waals surface area contributed by atoms with Crippen molar-refractivity contribution in [2.24, 2.45) is 4.99 Å². The average Bonchev–Trinajstić information content (AvgIpc) is 2.90. The number of sulfonamides is 1. The number of hydrogen-bond donors (Lipinski definition) is 1. The van der Waals surface area contributed by atoms with Gasteiger partial charge in [-0.25, -0.2) is 18.1 Å². The SMILES string of the molecule is CCCCNS(=O)(=O)c1ccc2c(c1)N=C(c1ccc(Cl)cc1)c1ccc(Cl)cc1S2. The van der Waals surface area contributed by atoms with E-state index in [1.54, 1.807) is 18.2 Å². The first-order valence-electron chi connectivity index (χ1n) is 9.83. The van der Waals surface area contributed by atoms with Gasteiger partial charge in [-0.2, -0.15) is 0 Å². The number of benzene rings is 3. The van der Waals surface area contributed by atoms with E-state index in [1.165, 1.54) is 11.8 Å². The summed E-state index contributed by atoms with van der Waals surface area (Å²) in [6, 6.07) is 18.1. The van der Waals surface area contributed by atoms with Crippen LogP contribution in [0.3, 0.4) is 0 Å². The molecule has 1 heterocycles. The lowest BCUT2D eigenvalue weighted by atomic mass is 10.0. The lowest BCUT2D eigenvalue weighted by Gasteiger charge is -2.09. The van der Waals surface area contributed by atoms with E-state index in [0.717, 1.165) is 39.5 Å². The second-order valence-electron chi connectivity index (χ2n) is 7.09. The van der Waals surface area contributed by atoms with Gasteiger partial charge in [0.2, 0.25) is 10.0 Å². The monoisotopic (exact) mass is 490 g/mol. The Kier molecular flexibility index (Phi) is 6.74. The Bertz CT molecular complexity index is 1260. The molecule has 0 saturated carbocycles. The predicted molar refractivity (Wildman–Crippen MR) is 129 cm³/mol. The van der Waals surface area contributed by atoms with Crippen LogP contribution >= 0.6 is 35.0 Å². The van der Waals surface area contributed by atoms with Crippen LogP contribution in [0.15, 0.2) is 80.3 Å². The number of fused-ring (bicyclic) bond motifs is 2. The summed E-state index contributed by atoms with van der Waals surface area (Å²) >= 11 is 13.9. The van der Waals surface area contributed by atoms with E-state index in [9.17, 15) is 8.42 Å². The number of hydrogen-bond acceptors (Lipinski definition) is 4. The Morgan fingerprint density at radius 2 is 1.68 bits per heavy atom. The molecule has 0 unspecified atom stereocenters. The molecule has 0 aliphatic carbocycles. The molecular formula is C23H20Cl2N2O2S2. The summed E-state index contributed by atoms with van der Waals surface area (Å²) in [5.41, 5.74) is 3.15.